The average molecular weight is 174 g/mol. The molecule has 1 fully saturated rings. The summed E-state index contributed by atoms with van der Waals surface area (Å²) in [5.41, 5.74) is 1.44. The average Bonchev–Trinajstić information content (AvgIpc) is 2.06. The summed E-state index contributed by atoms with van der Waals surface area (Å²) in [5, 5.41) is 0. The second-order valence-electron chi connectivity index (χ2n) is 2.88. The number of hydrogen-bond acceptors (Lipinski definition) is 1. The molecule has 0 spiro atoms. The van der Waals surface area contributed by atoms with Gasteiger partial charge in [-0.2, -0.15) is 8.78 Å². The minimum atomic E-state index is -1.49. The summed E-state index contributed by atoms with van der Waals surface area (Å²) < 4.78 is 28.9. The lowest BCUT2D eigenvalue weighted by molar-refractivity contribution is 0.329. The molecule has 3 heteroatoms. The number of methoxy groups -OCH3 is 1. The predicted octanol–water partition coefficient (Wildman–Crippen LogP) is 3.24. The quantitative estimate of drug-likeness (QED) is 0.554. The molecule has 0 saturated heterocycles. The highest BCUT2D eigenvalue weighted by Gasteiger charge is 2.14. The van der Waals surface area contributed by atoms with Crippen molar-refractivity contribution in [1.82, 2.24) is 0 Å². The minimum Gasteiger partial charge on any atom is -0.504 e. The zero-order valence-corrected chi connectivity index (χ0v) is 7.07. The molecule has 0 radical (unpaired) electrons. The number of hydrogen-bond donors (Lipinski definition) is 0. The normalized spacial score (nSPS) is 17.6. The van der Waals surface area contributed by atoms with Crippen LogP contribution in [0.4, 0.5) is 8.78 Å². The molecule has 0 N–H and O–H groups in total. The van der Waals surface area contributed by atoms with Crippen LogP contribution in [-0.2, 0) is 4.74 Å². The van der Waals surface area contributed by atoms with E-state index in [-0.39, 0.29) is 0 Å². The number of allylic oxidation sites excluding steroid dienone is 2. The van der Waals surface area contributed by atoms with E-state index in [2.05, 4.69) is 0 Å². The topological polar surface area (TPSA) is 9.23 Å². The fourth-order valence-corrected chi connectivity index (χ4v) is 1.35. The predicted molar refractivity (Wildman–Crippen MR) is 42.8 cm³/mol. The van der Waals surface area contributed by atoms with Gasteiger partial charge in [0.1, 0.15) is 0 Å². The molecule has 0 unspecified atom stereocenters. The summed E-state index contributed by atoms with van der Waals surface area (Å²) >= 11 is 0. The Bertz CT molecular complexity index is 203. The van der Waals surface area contributed by atoms with E-state index in [1.807, 2.05) is 0 Å². The Kier molecular flexibility index (Phi) is 3.26. The Labute approximate surface area is 70.7 Å². The van der Waals surface area contributed by atoms with Crippen molar-refractivity contribution in [3.63, 3.8) is 0 Å². The summed E-state index contributed by atoms with van der Waals surface area (Å²) in [7, 11) is 1.58. The number of halogens is 2. The fourth-order valence-electron chi connectivity index (χ4n) is 1.35. The first-order valence-corrected chi connectivity index (χ1v) is 3.97. The molecule has 12 heavy (non-hydrogen) atoms. The van der Waals surface area contributed by atoms with Crippen LogP contribution < -0.4 is 0 Å². The van der Waals surface area contributed by atoms with Crippen LogP contribution in [0.5, 0.6) is 0 Å². The SMILES string of the molecule is COC=C1CCC(=C(F)F)CC1. The van der Waals surface area contributed by atoms with Crippen molar-refractivity contribution in [2.45, 2.75) is 25.7 Å². The van der Waals surface area contributed by atoms with Crippen LogP contribution in [0.15, 0.2) is 23.5 Å². The maximum atomic E-state index is 12.1. The van der Waals surface area contributed by atoms with Crippen LogP contribution in [0, 0.1) is 0 Å². The first-order chi connectivity index (χ1) is 5.74. The van der Waals surface area contributed by atoms with Gasteiger partial charge < -0.3 is 4.74 Å². The van der Waals surface area contributed by atoms with Gasteiger partial charge >= 0.3 is 0 Å². The van der Waals surface area contributed by atoms with Crippen LogP contribution in [0.1, 0.15) is 25.7 Å². The van der Waals surface area contributed by atoms with Crippen molar-refractivity contribution in [1.29, 1.82) is 0 Å². The van der Waals surface area contributed by atoms with E-state index in [0.717, 1.165) is 5.57 Å². The van der Waals surface area contributed by atoms with Gasteiger partial charge in [-0.3, -0.25) is 0 Å². The minimum absolute atomic E-state index is 0.309. The molecule has 0 heterocycles. The van der Waals surface area contributed by atoms with Gasteiger partial charge in [0.2, 0.25) is 0 Å². The van der Waals surface area contributed by atoms with Crippen LogP contribution in [-0.4, -0.2) is 7.11 Å². The molecular formula is C9H12F2O. The summed E-state index contributed by atoms with van der Waals surface area (Å²) in [6, 6.07) is 0. The monoisotopic (exact) mass is 174 g/mol. The molecule has 0 aliphatic heterocycles. The lowest BCUT2D eigenvalue weighted by Gasteiger charge is -2.15. The number of rotatable bonds is 1. The van der Waals surface area contributed by atoms with Crippen molar-refractivity contribution in [2.24, 2.45) is 0 Å². The molecule has 0 bridgehead atoms. The smallest absolute Gasteiger partial charge is 0.269 e. The summed E-state index contributed by atoms with van der Waals surface area (Å²) in [6.45, 7) is 0. The van der Waals surface area contributed by atoms with Crippen LogP contribution in [0.3, 0.4) is 0 Å². The van der Waals surface area contributed by atoms with Crippen LogP contribution in [0.2, 0.25) is 0 Å². The summed E-state index contributed by atoms with van der Waals surface area (Å²) in [5.74, 6) is 0. The first-order valence-electron chi connectivity index (χ1n) is 3.97. The van der Waals surface area contributed by atoms with Gasteiger partial charge in [-0.1, -0.05) is 0 Å². The summed E-state index contributed by atoms with van der Waals surface area (Å²) in [6.07, 6.45) is 2.55. The maximum Gasteiger partial charge on any atom is 0.269 e. The van der Waals surface area contributed by atoms with E-state index in [9.17, 15) is 8.78 Å². The largest absolute Gasteiger partial charge is 0.504 e. The third-order valence-corrected chi connectivity index (χ3v) is 2.05. The van der Waals surface area contributed by atoms with E-state index in [0.29, 0.717) is 31.3 Å². The summed E-state index contributed by atoms with van der Waals surface area (Å²) in [4.78, 5) is 0. The molecule has 0 aromatic heterocycles. The Morgan fingerprint density at radius 2 is 1.83 bits per heavy atom. The van der Waals surface area contributed by atoms with Crippen molar-refractivity contribution >= 4 is 0 Å². The Hall–Kier alpha value is -0.860. The van der Waals surface area contributed by atoms with Gasteiger partial charge in [0, 0.05) is 0 Å². The Balaban J connectivity index is 2.51. The molecule has 0 aromatic carbocycles. The fraction of sp³-hybridized carbons (Fsp3) is 0.556. The van der Waals surface area contributed by atoms with E-state index < -0.39 is 6.08 Å². The third-order valence-electron chi connectivity index (χ3n) is 2.05. The van der Waals surface area contributed by atoms with Gasteiger partial charge in [0.05, 0.1) is 13.4 Å². The maximum absolute atomic E-state index is 12.1. The lowest BCUT2D eigenvalue weighted by atomic mass is 9.92. The van der Waals surface area contributed by atoms with Crippen molar-refractivity contribution in [3.05, 3.63) is 23.5 Å². The molecule has 1 nitrogen and oxygen atoms in total. The van der Waals surface area contributed by atoms with Gasteiger partial charge in [-0.05, 0) is 36.8 Å². The highest BCUT2D eigenvalue weighted by molar-refractivity contribution is 5.15. The second kappa shape index (κ2) is 4.24. The van der Waals surface area contributed by atoms with Gasteiger partial charge in [-0.25, -0.2) is 0 Å². The molecule has 0 amide bonds. The van der Waals surface area contributed by atoms with E-state index >= 15 is 0 Å². The molecule has 1 aliphatic rings. The zero-order chi connectivity index (χ0) is 8.97. The molecule has 0 atom stereocenters. The van der Waals surface area contributed by atoms with Crippen LogP contribution in [0.25, 0.3) is 0 Å². The molecule has 1 saturated carbocycles. The third kappa shape index (κ3) is 2.32. The van der Waals surface area contributed by atoms with E-state index in [4.69, 9.17) is 4.74 Å². The van der Waals surface area contributed by atoms with E-state index in [1.54, 1.807) is 13.4 Å². The lowest BCUT2D eigenvalue weighted by Crippen LogP contribution is -1.98. The standard InChI is InChI=1S/C9H12F2O/c1-12-6-7-2-4-8(5-3-7)9(10)11/h6H,2-5H2,1H3. The van der Waals surface area contributed by atoms with Crippen molar-refractivity contribution < 1.29 is 13.5 Å². The molecule has 1 rings (SSSR count). The second-order valence-corrected chi connectivity index (χ2v) is 2.88. The molecule has 0 aromatic rings. The van der Waals surface area contributed by atoms with Gasteiger partial charge in [0.15, 0.2) is 0 Å². The van der Waals surface area contributed by atoms with Gasteiger partial charge in [0.25, 0.3) is 6.08 Å². The highest BCUT2D eigenvalue weighted by Crippen LogP contribution is 2.30. The van der Waals surface area contributed by atoms with Crippen LogP contribution >= 0.6 is 0 Å². The Morgan fingerprint density at radius 1 is 1.25 bits per heavy atom. The number of ether oxygens (including phenoxy) is 1. The van der Waals surface area contributed by atoms with Crippen molar-refractivity contribution in [2.75, 3.05) is 7.11 Å². The van der Waals surface area contributed by atoms with Crippen molar-refractivity contribution in [3.8, 4) is 0 Å². The van der Waals surface area contributed by atoms with E-state index in [1.165, 1.54) is 0 Å². The molecular weight excluding hydrogens is 162 g/mol. The zero-order valence-electron chi connectivity index (χ0n) is 7.07. The highest BCUT2D eigenvalue weighted by atomic mass is 19.3. The first kappa shape index (κ1) is 9.23. The van der Waals surface area contributed by atoms with Gasteiger partial charge in [-0.15, -0.1) is 0 Å². The Morgan fingerprint density at radius 3 is 2.25 bits per heavy atom. The molecule has 68 valence electrons. The molecule has 1 aliphatic carbocycles.